The highest BCUT2D eigenvalue weighted by Gasteiger charge is 2.40. The zero-order chi connectivity index (χ0) is 46.8. The third-order valence-corrected chi connectivity index (χ3v) is 14.9. The van der Waals surface area contributed by atoms with E-state index in [9.17, 15) is 19.2 Å². The summed E-state index contributed by atoms with van der Waals surface area (Å²) in [7, 11) is 0. The molecule has 0 radical (unpaired) electrons. The molecular formula is C50H64N8O8S. The lowest BCUT2D eigenvalue weighted by atomic mass is 10.0. The molecule has 6 atom stereocenters. The number of unbranched alkanes of at least 4 members (excludes halogenated alkanes) is 1. The number of nitrogens with zero attached hydrogens (tertiary/aromatic N) is 4. The van der Waals surface area contributed by atoms with Crippen molar-refractivity contribution < 1.29 is 38.1 Å². The quantitative estimate of drug-likeness (QED) is 0.0790. The van der Waals surface area contributed by atoms with Crippen LogP contribution in [0.3, 0.4) is 0 Å². The summed E-state index contributed by atoms with van der Waals surface area (Å²) in [6.07, 6.45) is 5.82. The number of aromatic amines is 2. The molecular weight excluding hydrogens is 873 g/mol. The Bertz CT molecular complexity index is 2570. The molecule has 5 aromatic rings. The molecule has 16 nitrogen and oxygen atoms in total. The molecule has 4 fully saturated rings. The van der Waals surface area contributed by atoms with Gasteiger partial charge in [-0.25, -0.2) is 19.6 Å². The van der Waals surface area contributed by atoms with E-state index in [4.69, 9.17) is 28.9 Å². The van der Waals surface area contributed by atoms with Gasteiger partial charge in [-0.3, -0.25) is 9.59 Å². The second-order valence-corrected chi connectivity index (χ2v) is 20.2. The molecule has 4 amide bonds. The van der Waals surface area contributed by atoms with E-state index in [0.29, 0.717) is 52.4 Å². The third kappa shape index (κ3) is 10.2. The van der Waals surface area contributed by atoms with Crippen LogP contribution in [-0.2, 0) is 35.0 Å². The number of H-pyrrole nitrogens is 2. The maximum absolute atomic E-state index is 14.1. The molecule has 0 aliphatic carbocycles. The Morgan fingerprint density at radius 3 is 1.72 bits per heavy atom. The van der Waals surface area contributed by atoms with Crippen molar-refractivity contribution in [3.8, 4) is 20.9 Å². The first-order chi connectivity index (χ1) is 32.4. The van der Waals surface area contributed by atoms with Crippen LogP contribution in [0.4, 0.5) is 9.59 Å². The standard InChI is InChI=1S/C50H64N8O8S/c1-6-7-10-31-25-41(30-13-15-35-37(23-30)53-45(51-35)39-11-8-19-57(39)47(59)42(28(2)3)55-49(61)65-33-17-21-63-26-33)67-44(31)32-14-16-36-38(24-32)54-46(52-36)40-12-9-20-58(40)48(60)43(29(4)5)56-50(62)66-34-18-22-64-27-34/h13-16,23-25,28-29,33-34,39-40,42-43H,6-12,17-22,26-27H2,1-5H3,(H,51,53)(H,52,54)(H,55,61)(H,56,62)/t33-,34-,39-,40-,42-,43-/m0/s1. The lowest BCUT2D eigenvalue weighted by Gasteiger charge is -2.30. The summed E-state index contributed by atoms with van der Waals surface area (Å²) in [6, 6.07) is 13.1. The minimum absolute atomic E-state index is 0.135. The fourth-order valence-corrected chi connectivity index (χ4v) is 11.1. The van der Waals surface area contributed by atoms with Crippen molar-refractivity contribution in [2.24, 2.45) is 11.8 Å². The molecule has 7 heterocycles. The monoisotopic (exact) mass is 936 g/mol. The molecule has 0 bridgehead atoms. The summed E-state index contributed by atoms with van der Waals surface area (Å²) >= 11 is 1.77. The Morgan fingerprint density at radius 2 is 1.24 bits per heavy atom. The molecule has 0 saturated carbocycles. The van der Waals surface area contributed by atoms with Gasteiger partial charge in [-0.05, 0) is 97.4 Å². The fraction of sp³-hybridized carbons (Fsp3) is 0.560. The summed E-state index contributed by atoms with van der Waals surface area (Å²) in [4.78, 5) is 77.0. The summed E-state index contributed by atoms with van der Waals surface area (Å²) < 4.78 is 21.8. The van der Waals surface area contributed by atoms with Gasteiger partial charge in [0, 0.05) is 35.7 Å². The number of carbonyl (C=O) groups is 4. The van der Waals surface area contributed by atoms with Gasteiger partial charge in [0.1, 0.15) is 35.9 Å². The van der Waals surface area contributed by atoms with E-state index < -0.39 is 24.3 Å². The molecule has 0 spiro atoms. The second kappa shape index (κ2) is 20.4. The maximum Gasteiger partial charge on any atom is 0.408 e. The van der Waals surface area contributed by atoms with Crippen LogP contribution in [0.15, 0.2) is 42.5 Å². The van der Waals surface area contributed by atoms with E-state index in [-0.39, 0.29) is 47.9 Å². The van der Waals surface area contributed by atoms with Gasteiger partial charge in [-0.2, -0.15) is 0 Å². The van der Waals surface area contributed by atoms with Gasteiger partial charge in [0.15, 0.2) is 0 Å². The number of benzene rings is 2. The Labute approximate surface area is 395 Å². The summed E-state index contributed by atoms with van der Waals surface area (Å²) in [5, 5.41) is 5.70. The van der Waals surface area contributed by atoms with Gasteiger partial charge in [-0.1, -0.05) is 53.2 Å². The van der Waals surface area contributed by atoms with Crippen molar-refractivity contribution in [1.82, 2.24) is 40.4 Å². The number of alkyl carbamates (subject to hydrolysis) is 2. The van der Waals surface area contributed by atoms with E-state index in [2.05, 4.69) is 63.9 Å². The molecule has 4 saturated heterocycles. The molecule has 9 rings (SSSR count). The Kier molecular flexibility index (Phi) is 14.2. The third-order valence-electron chi connectivity index (χ3n) is 13.6. The lowest BCUT2D eigenvalue weighted by Crippen LogP contribution is -2.51. The number of hydrogen-bond acceptors (Lipinski definition) is 11. The van der Waals surface area contributed by atoms with Crippen molar-refractivity contribution in [1.29, 1.82) is 0 Å². The Hall–Kier alpha value is -5.52. The minimum Gasteiger partial charge on any atom is -0.444 e. The highest BCUT2D eigenvalue weighted by atomic mass is 32.1. The second-order valence-electron chi connectivity index (χ2n) is 19.2. The zero-order valence-electron chi connectivity index (χ0n) is 39.2. The first-order valence-electron chi connectivity index (χ1n) is 24.3. The van der Waals surface area contributed by atoms with E-state index in [1.807, 2.05) is 43.6 Å². The van der Waals surface area contributed by atoms with Crippen molar-refractivity contribution in [2.75, 3.05) is 39.5 Å². The average molecular weight is 937 g/mol. The summed E-state index contributed by atoms with van der Waals surface area (Å²) in [6.45, 7) is 13.0. The van der Waals surface area contributed by atoms with Gasteiger partial charge in [0.25, 0.3) is 0 Å². The number of hydrogen-bond donors (Lipinski definition) is 4. The number of fused-ring (bicyclic) bond motifs is 2. The number of rotatable bonds is 15. The Morgan fingerprint density at radius 1 is 0.731 bits per heavy atom. The van der Waals surface area contributed by atoms with Crippen LogP contribution >= 0.6 is 11.3 Å². The van der Waals surface area contributed by atoms with Crippen molar-refractivity contribution in [3.63, 3.8) is 0 Å². The molecule has 2 aromatic carbocycles. The smallest absolute Gasteiger partial charge is 0.408 e. The van der Waals surface area contributed by atoms with Gasteiger partial charge >= 0.3 is 12.2 Å². The number of carbonyl (C=O) groups excluding carboxylic acids is 4. The summed E-state index contributed by atoms with van der Waals surface area (Å²) in [5.74, 6) is 0.937. The predicted molar refractivity (Wildman–Crippen MR) is 255 cm³/mol. The molecule has 358 valence electrons. The van der Waals surface area contributed by atoms with Crippen LogP contribution in [0.25, 0.3) is 42.9 Å². The number of likely N-dealkylation sites (tertiary alicyclic amines) is 2. The molecule has 3 aromatic heterocycles. The van der Waals surface area contributed by atoms with Crippen LogP contribution in [0.1, 0.15) is 115 Å². The number of nitrogens with one attached hydrogen (secondary N) is 4. The summed E-state index contributed by atoms with van der Waals surface area (Å²) in [5.41, 5.74) is 6.95. The van der Waals surface area contributed by atoms with Crippen LogP contribution in [-0.4, -0.2) is 118 Å². The Balaban J connectivity index is 0.921. The van der Waals surface area contributed by atoms with Crippen molar-refractivity contribution >= 4 is 57.4 Å². The molecule has 4 N–H and O–H groups in total. The van der Waals surface area contributed by atoms with E-state index in [0.717, 1.165) is 94.7 Å². The highest BCUT2D eigenvalue weighted by molar-refractivity contribution is 7.19. The van der Waals surface area contributed by atoms with Crippen LogP contribution < -0.4 is 10.6 Å². The average Bonchev–Trinajstić information content (AvgIpc) is 4.17. The molecule has 4 aliphatic rings. The van der Waals surface area contributed by atoms with Gasteiger partial charge < -0.3 is 49.3 Å². The van der Waals surface area contributed by atoms with Crippen LogP contribution in [0.5, 0.6) is 0 Å². The van der Waals surface area contributed by atoms with Crippen LogP contribution in [0.2, 0.25) is 0 Å². The van der Waals surface area contributed by atoms with E-state index in [1.54, 1.807) is 11.3 Å². The van der Waals surface area contributed by atoms with Gasteiger partial charge in [0.05, 0.1) is 60.6 Å². The van der Waals surface area contributed by atoms with Crippen LogP contribution in [0, 0.1) is 11.8 Å². The number of aromatic nitrogens is 4. The first-order valence-corrected chi connectivity index (χ1v) is 25.1. The van der Waals surface area contributed by atoms with Gasteiger partial charge in [0.2, 0.25) is 11.8 Å². The molecule has 4 aliphatic heterocycles. The number of amides is 4. The highest BCUT2D eigenvalue weighted by Crippen LogP contribution is 2.42. The van der Waals surface area contributed by atoms with Gasteiger partial charge in [-0.15, -0.1) is 11.3 Å². The predicted octanol–water partition coefficient (Wildman–Crippen LogP) is 8.58. The van der Waals surface area contributed by atoms with Crippen molar-refractivity contribution in [3.05, 3.63) is 59.7 Å². The molecule has 17 heteroatoms. The number of thiophene rings is 1. The normalized spacial score (nSPS) is 21.8. The lowest BCUT2D eigenvalue weighted by molar-refractivity contribution is -0.136. The zero-order valence-corrected chi connectivity index (χ0v) is 40.0. The number of imidazole rings is 2. The van der Waals surface area contributed by atoms with E-state index in [1.165, 1.54) is 10.4 Å². The first kappa shape index (κ1) is 46.6. The van der Waals surface area contributed by atoms with E-state index >= 15 is 0 Å². The fourth-order valence-electron chi connectivity index (χ4n) is 9.89. The largest absolute Gasteiger partial charge is 0.444 e. The molecule has 67 heavy (non-hydrogen) atoms. The maximum atomic E-state index is 14.1. The number of aryl methyl sites for hydroxylation is 1. The topological polar surface area (TPSA) is 193 Å². The molecule has 0 unspecified atom stereocenters. The minimum atomic E-state index is -0.728. The van der Waals surface area contributed by atoms with Crippen molar-refractivity contribution in [2.45, 2.75) is 129 Å². The number of ether oxygens (including phenoxy) is 4. The SMILES string of the molecule is CCCCc1cc(-c2ccc3nc([C@@H]4CCCN4C(=O)[C@@H](NC(=O)O[C@H]4CCOC4)C(C)C)[nH]c3c2)sc1-c1ccc2nc([C@@H]3CCCN3C(=O)[C@@H](NC(=O)O[C@H]3CCOC3)C(C)C)[nH]c2c1.